The summed E-state index contributed by atoms with van der Waals surface area (Å²) in [4.78, 5) is 4.10. The van der Waals surface area contributed by atoms with E-state index in [-0.39, 0.29) is 22.9 Å². The minimum absolute atomic E-state index is 0.0274. The van der Waals surface area contributed by atoms with Gasteiger partial charge in [-0.2, -0.15) is 4.31 Å². The molecule has 1 aliphatic heterocycles. The highest BCUT2D eigenvalue weighted by Crippen LogP contribution is 2.31. The summed E-state index contributed by atoms with van der Waals surface area (Å²) >= 11 is 0. The molecular formula is C18H23N3O5S2. The van der Waals surface area contributed by atoms with Crippen LogP contribution in [0.25, 0.3) is 0 Å². The van der Waals surface area contributed by atoms with E-state index in [0.29, 0.717) is 19.4 Å². The highest BCUT2D eigenvalue weighted by molar-refractivity contribution is 7.89. The van der Waals surface area contributed by atoms with Crippen molar-refractivity contribution < 1.29 is 21.6 Å². The van der Waals surface area contributed by atoms with Gasteiger partial charge in [-0.25, -0.2) is 21.6 Å². The summed E-state index contributed by atoms with van der Waals surface area (Å²) in [6.07, 6.45) is 3.50. The third-order valence-corrected chi connectivity index (χ3v) is 8.20. The Morgan fingerprint density at radius 1 is 1.11 bits per heavy atom. The normalized spacial score (nSPS) is 21.0. The molecule has 0 aliphatic carbocycles. The molecule has 10 heteroatoms. The molecule has 28 heavy (non-hydrogen) atoms. The Labute approximate surface area is 165 Å². The van der Waals surface area contributed by atoms with Gasteiger partial charge in [0.05, 0.1) is 10.4 Å². The minimum atomic E-state index is -3.81. The number of aromatic nitrogens is 1. The van der Waals surface area contributed by atoms with Gasteiger partial charge in [0.1, 0.15) is 4.90 Å². The van der Waals surface area contributed by atoms with Gasteiger partial charge in [0.2, 0.25) is 20.0 Å². The van der Waals surface area contributed by atoms with E-state index in [4.69, 9.17) is 4.74 Å². The lowest BCUT2D eigenvalue weighted by Crippen LogP contribution is -2.51. The van der Waals surface area contributed by atoms with Crippen LogP contribution in [0.5, 0.6) is 0 Å². The molecule has 0 spiro atoms. The third-order valence-electron chi connectivity index (χ3n) is 4.78. The van der Waals surface area contributed by atoms with Crippen molar-refractivity contribution in [1.82, 2.24) is 14.0 Å². The first-order valence-corrected chi connectivity index (χ1v) is 11.7. The molecule has 0 radical (unpaired) electrons. The van der Waals surface area contributed by atoms with Gasteiger partial charge >= 0.3 is 0 Å². The molecular weight excluding hydrogens is 402 g/mol. The maximum absolute atomic E-state index is 12.9. The van der Waals surface area contributed by atoms with E-state index >= 15 is 0 Å². The van der Waals surface area contributed by atoms with E-state index < -0.39 is 25.6 Å². The van der Waals surface area contributed by atoms with Gasteiger partial charge in [-0.3, -0.25) is 4.98 Å². The van der Waals surface area contributed by atoms with Gasteiger partial charge in [-0.15, -0.1) is 0 Å². The summed E-state index contributed by atoms with van der Waals surface area (Å²) in [5, 5.41) is 0. The highest BCUT2D eigenvalue weighted by Gasteiger charge is 2.45. The van der Waals surface area contributed by atoms with Gasteiger partial charge in [0.15, 0.2) is 0 Å². The van der Waals surface area contributed by atoms with Crippen LogP contribution in [-0.2, 0) is 24.8 Å². The van der Waals surface area contributed by atoms with Crippen molar-refractivity contribution >= 4 is 20.0 Å². The number of sulfonamides is 2. The Kier molecular flexibility index (Phi) is 6.15. The lowest BCUT2D eigenvalue weighted by molar-refractivity contribution is 0.165. The topological polar surface area (TPSA) is 106 Å². The second-order valence-corrected chi connectivity index (χ2v) is 10.3. The summed E-state index contributed by atoms with van der Waals surface area (Å²) in [5.74, 6) is 0. The van der Waals surface area contributed by atoms with Gasteiger partial charge in [0.25, 0.3) is 0 Å². The molecule has 1 aliphatic rings. The Balaban J connectivity index is 1.87. The van der Waals surface area contributed by atoms with Crippen LogP contribution in [0.3, 0.4) is 0 Å². The van der Waals surface area contributed by atoms with Crippen LogP contribution in [0.4, 0.5) is 0 Å². The molecule has 0 saturated carbocycles. The van der Waals surface area contributed by atoms with Crippen LogP contribution >= 0.6 is 0 Å². The second-order valence-electron chi connectivity index (χ2n) is 6.72. The maximum atomic E-state index is 12.9. The third kappa shape index (κ3) is 4.41. The van der Waals surface area contributed by atoms with E-state index in [1.807, 2.05) is 0 Å². The van der Waals surface area contributed by atoms with Crippen molar-refractivity contribution in [3.05, 3.63) is 54.9 Å². The zero-order valence-electron chi connectivity index (χ0n) is 15.5. The molecule has 0 amide bonds. The summed E-state index contributed by atoms with van der Waals surface area (Å²) < 4.78 is 60.7. The van der Waals surface area contributed by atoms with Crippen LogP contribution < -0.4 is 4.72 Å². The fourth-order valence-corrected chi connectivity index (χ4v) is 6.23. The lowest BCUT2D eigenvalue weighted by atomic mass is 9.96. The Hall–Kier alpha value is -1.85. The maximum Gasteiger partial charge on any atom is 0.244 e. The summed E-state index contributed by atoms with van der Waals surface area (Å²) in [6.45, 7) is 0.538. The number of ether oxygens (including phenoxy) is 1. The molecule has 0 bridgehead atoms. The number of rotatable bonds is 8. The fraction of sp³-hybridized carbons (Fsp3) is 0.389. The average Bonchev–Trinajstić information content (AvgIpc) is 3.12. The first-order valence-electron chi connectivity index (χ1n) is 8.77. The first kappa shape index (κ1) is 20.9. The van der Waals surface area contributed by atoms with Crippen molar-refractivity contribution in [1.29, 1.82) is 0 Å². The average molecular weight is 426 g/mol. The van der Waals surface area contributed by atoms with Gasteiger partial charge in [-0.05, 0) is 37.1 Å². The standard InChI is InChI=1S/C18H23N3O5S2/c1-26-13-10-18(20-27(22,23)16-6-3-2-4-7-16)9-12-21(15-18)28(24,25)17-8-5-11-19-14-17/h2-8,11,14,20H,9-10,12-13,15H2,1H3/t18-/m1/s1. The van der Waals surface area contributed by atoms with E-state index in [2.05, 4.69) is 9.71 Å². The fourth-order valence-electron chi connectivity index (χ4n) is 3.27. The molecule has 1 aromatic carbocycles. The molecule has 3 rings (SSSR count). The largest absolute Gasteiger partial charge is 0.385 e. The Morgan fingerprint density at radius 3 is 2.46 bits per heavy atom. The van der Waals surface area contributed by atoms with Crippen molar-refractivity contribution in [3.63, 3.8) is 0 Å². The Bertz CT molecular complexity index is 998. The monoisotopic (exact) mass is 425 g/mol. The Morgan fingerprint density at radius 2 is 1.82 bits per heavy atom. The van der Waals surface area contributed by atoms with Crippen LogP contribution in [0.2, 0.25) is 0 Å². The van der Waals surface area contributed by atoms with E-state index in [1.165, 1.54) is 42.0 Å². The van der Waals surface area contributed by atoms with E-state index in [0.717, 1.165) is 0 Å². The molecule has 152 valence electrons. The first-order chi connectivity index (χ1) is 13.3. The lowest BCUT2D eigenvalue weighted by Gasteiger charge is -2.30. The number of nitrogens with one attached hydrogen (secondary N) is 1. The van der Waals surface area contributed by atoms with Crippen LogP contribution in [0.15, 0.2) is 64.6 Å². The SMILES string of the molecule is COCC[C@]1(NS(=O)(=O)c2ccccc2)CCN(S(=O)(=O)c2cccnc2)C1. The highest BCUT2D eigenvalue weighted by atomic mass is 32.2. The van der Waals surface area contributed by atoms with Crippen LogP contribution in [0, 0.1) is 0 Å². The van der Waals surface area contributed by atoms with Gasteiger partial charge < -0.3 is 4.74 Å². The van der Waals surface area contributed by atoms with Crippen molar-refractivity contribution in [2.24, 2.45) is 0 Å². The molecule has 8 nitrogen and oxygen atoms in total. The zero-order valence-corrected chi connectivity index (χ0v) is 17.1. The molecule has 1 atom stereocenters. The number of pyridine rings is 1. The summed E-state index contributed by atoms with van der Waals surface area (Å²) in [6, 6.07) is 11.1. The number of methoxy groups -OCH3 is 1. The van der Waals surface area contributed by atoms with Crippen molar-refractivity contribution in [2.75, 3.05) is 26.8 Å². The summed E-state index contributed by atoms with van der Waals surface area (Å²) in [7, 11) is -6.04. The van der Waals surface area contributed by atoms with E-state index in [1.54, 1.807) is 24.3 Å². The molecule has 1 N–H and O–H groups in total. The predicted octanol–water partition coefficient (Wildman–Crippen LogP) is 1.23. The predicted molar refractivity (Wildman–Crippen MR) is 104 cm³/mol. The molecule has 0 unspecified atom stereocenters. The molecule has 1 fully saturated rings. The van der Waals surface area contributed by atoms with Crippen molar-refractivity contribution in [2.45, 2.75) is 28.2 Å². The second kappa shape index (κ2) is 8.26. The van der Waals surface area contributed by atoms with E-state index in [9.17, 15) is 16.8 Å². The number of hydrogen-bond donors (Lipinski definition) is 1. The van der Waals surface area contributed by atoms with Crippen molar-refractivity contribution in [3.8, 4) is 0 Å². The number of hydrogen-bond acceptors (Lipinski definition) is 6. The summed E-state index contributed by atoms with van der Waals surface area (Å²) in [5.41, 5.74) is -0.944. The molecule has 1 aromatic heterocycles. The van der Waals surface area contributed by atoms with Crippen LogP contribution in [0.1, 0.15) is 12.8 Å². The number of nitrogens with zero attached hydrogens (tertiary/aromatic N) is 2. The minimum Gasteiger partial charge on any atom is -0.385 e. The molecule has 1 saturated heterocycles. The van der Waals surface area contributed by atoms with Crippen LogP contribution in [-0.4, -0.2) is 58.5 Å². The molecule has 2 heterocycles. The molecule has 2 aromatic rings. The number of benzene rings is 1. The smallest absolute Gasteiger partial charge is 0.244 e. The van der Waals surface area contributed by atoms with Gasteiger partial charge in [0, 0.05) is 39.2 Å². The zero-order chi connectivity index (χ0) is 20.3. The van der Waals surface area contributed by atoms with Gasteiger partial charge in [-0.1, -0.05) is 18.2 Å². The quantitative estimate of drug-likeness (QED) is 0.682.